The first kappa shape index (κ1) is 22.2. The summed E-state index contributed by atoms with van der Waals surface area (Å²) >= 11 is 0. The number of carbonyl (C=O) groups is 1. The first-order valence-electron chi connectivity index (χ1n) is 10.8. The second kappa shape index (κ2) is 9.98. The summed E-state index contributed by atoms with van der Waals surface area (Å²) in [6, 6.07) is 14.4. The van der Waals surface area contributed by atoms with Gasteiger partial charge in [0.05, 0.1) is 7.11 Å². The van der Waals surface area contributed by atoms with Crippen LogP contribution in [0.1, 0.15) is 48.2 Å². The third-order valence-corrected chi connectivity index (χ3v) is 5.86. The molecule has 0 radical (unpaired) electrons. The Hall–Kier alpha value is -2.53. The lowest BCUT2D eigenvalue weighted by Crippen LogP contribution is -2.41. The summed E-state index contributed by atoms with van der Waals surface area (Å²) in [4.78, 5) is 17.0. The highest BCUT2D eigenvalue weighted by Crippen LogP contribution is 2.31. The summed E-state index contributed by atoms with van der Waals surface area (Å²) in [6.45, 7) is 8.67. The second-order valence-electron chi connectivity index (χ2n) is 8.47. The molecular formula is C25H34N2O3. The van der Waals surface area contributed by atoms with Gasteiger partial charge in [-0.25, -0.2) is 0 Å². The van der Waals surface area contributed by atoms with E-state index in [4.69, 9.17) is 9.47 Å². The molecule has 0 unspecified atom stereocenters. The zero-order chi connectivity index (χ0) is 21.7. The Kier molecular flexibility index (Phi) is 7.38. The maximum absolute atomic E-state index is 12.7. The fourth-order valence-electron chi connectivity index (χ4n) is 3.62. The minimum Gasteiger partial charge on any atom is -0.493 e. The van der Waals surface area contributed by atoms with Crippen molar-refractivity contribution >= 4 is 5.91 Å². The molecule has 0 aromatic heterocycles. The zero-order valence-corrected chi connectivity index (χ0v) is 18.9. The maximum Gasteiger partial charge on any atom is 0.253 e. The van der Waals surface area contributed by atoms with E-state index < -0.39 is 0 Å². The first-order chi connectivity index (χ1) is 14.4. The Bertz CT molecular complexity index is 840. The minimum atomic E-state index is 0.0825. The van der Waals surface area contributed by atoms with E-state index in [1.54, 1.807) is 7.11 Å². The van der Waals surface area contributed by atoms with Gasteiger partial charge in [-0.05, 0) is 57.6 Å². The number of nitrogens with zero attached hydrogens (tertiary/aromatic N) is 2. The van der Waals surface area contributed by atoms with Crippen LogP contribution in [-0.2, 0) is 6.54 Å². The van der Waals surface area contributed by atoms with Crippen LogP contribution in [0.25, 0.3) is 0 Å². The predicted molar refractivity (Wildman–Crippen MR) is 120 cm³/mol. The van der Waals surface area contributed by atoms with Gasteiger partial charge >= 0.3 is 0 Å². The molecule has 0 aliphatic carbocycles. The predicted octanol–water partition coefficient (Wildman–Crippen LogP) is 4.53. The van der Waals surface area contributed by atoms with Gasteiger partial charge in [0.2, 0.25) is 0 Å². The average molecular weight is 411 g/mol. The van der Waals surface area contributed by atoms with Crippen molar-refractivity contribution in [1.29, 1.82) is 0 Å². The Morgan fingerprint density at radius 2 is 1.77 bits per heavy atom. The number of amides is 1. The Morgan fingerprint density at radius 1 is 1.10 bits per heavy atom. The van der Waals surface area contributed by atoms with E-state index in [0.29, 0.717) is 19.1 Å². The smallest absolute Gasteiger partial charge is 0.253 e. The summed E-state index contributed by atoms with van der Waals surface area (Å²) in [5, 5.41) is 0. The monoisotopic (exact) mass is 410 g/mol. The summed E-state index contributed by atoms with van der Waals surface area (Å²) in [7, 11) is 3.79. The summed E-state index contributed by atoms with van der Waals surface area (Å²) in [5.74, 6) is 1.64. The number of ether oxygens (including phenoxy) is 2. The highest BCUT2D eigenvalue weighted by atomic mass is 16.5. The van der Waals surface area contributed by atoms with Crippen LogP contribution in [0, 0.1) is 6.92 Å². The number of carbonyl (C=O) groups excluding carboxylic acids is 1. The molecule has 2 aromatic carbocycles. The van der Waals surface area contributed by atoms with Crippen LogP contribution in [0.2, 0.25) is 0 Å². The highest BCUT2D eigenvalue weighted by molar-refractivity contribution is 5.94. The van der Waals surface area contributed by atoms with Crippen LogP contribution < -0.4 is 9.47 Å². The molecule has 0 saturated carbocycles. The van der Waals surface area contributed by atoms with Crippen molar-refractivity contribution in [3.05, 3.63) is 59.2 Å². The van der Waals surface area contributed by atoms with Gasteiger partial charge in [0.1, 0.15) is 6.10 Å². The molecule has 1 fully saturated rings. The molecule has 162 valence electrons. The van der Waals surface area contributed by atoms with E-state index in [9.17, 15) is 4.79 Å². The molecule has 1 saturated heterocycles. The molecular weight excluding hydrogens is 376 g/mol. The molecule has 0 N–H and O–H groups in total. The first-order valence-corrected chi connectivity index (χ1v) is 10.8. The number of benzene rings is 2. The molecule has 1 amide bonds. The summed E-state index contributed by atoms with van der Waals surface area (Å²) in [6.07, 6.45) is 1.72. The Morgan fingerprint density at radius 3 is 2.37 bits per heavy atom. The van der Waals surface area contributed by atoms with E-state index in [2.05, 4.69) is 37.9 Å². The molecule has 30 heavy (non-hydrogen) atoms. The van der Waals surface area contributed by atoms with Gasteiger partial charge in [-0.15, -0.1) is 0 Å². The SMILES string of the molecule is COc1ccc(CN(C)C(C)C)cc1OC1CCN(C(=O)c2ccc(C)cc2)CC1. The van der Waals surface area contributed by atoms with Crippen LogP contribution in [0.3, 0.4) is 0 Å². The van der Waals surface area contributed by atoms with Crippen LogP contribution in [0.15, 0.2) is 42.5 Å². The minimum absolute atomic E-state index is 0.0825. The number of methoxy groups -OCH3 is 1. The number of hydrogen-bond acceptors (Lipinski definition) is 4. The average Bonchev–Trinajstić information content (AvgIpc) is 2.74. The van der Waals surface area contributed by atoms with E-state index in [0.717, 1.165) is 42.0 Å². The van der Waals surface area contributed by atoms with Crippen molar-refractivity contribution in [3.8, 4) is 11.5 Å². The van der Waals surface area contributed by atoms with Gasteiger partial charge in [0.25, 0.3) is 5.91 Å². The molecule has 3 rings (SSSR count). The standard InChI is InChI=1S/C25H34N2O3/c1-18(2)26(4)17-20-8-11-23(29-5)24(16-20)30-22-12-14-27(15-13-22)25(28)21-9-6-19(3)7-10-21/h6-11,16,18,22H,12-15,17H2,1-5H3. The van der Waals surface area contributed by atoms with Gasteiger partial charge in [-0.2, -0.15) is 0 Å². The van der Waals surface area contributed by atoms with Gasteiger partial charge in [0, 0.05) is 44.1 Å². The Balaban J connectivity index is 1.61. The molecule has 0 atom stereocenters. The second-order valence-corrected chi connectivity index (χ2v) is 8.47. The number of piperidine rings is 1. The van der Waals surface area contributed by atoms with E-state index in [1.807, 2.05) is 42.2 Å². The number of rotatable bonds is 7. The third kappa shape index (κ3) is 5.54. The van der Waals surface area contributed by atoms with Crippen LogP contribution in [0.4, 0.5) is 0 Å². The molecule has 1 heterocycles. The third-order valence-electron chi connectivity index (χ3n) is 5.86. The van der Waals surface area contributed by atoms with Crippen LogP contribution >= 0.6 is 0 Å². The van der Waals surface area contributed by atoms with Crippen LogP contribution in [-0.4, -0.2) is 55.1 Å². The molecule has 0 spiro atoms. The van der Waals surface area contributed by atoms with E-state index in [-0.39, 0.29) is 12.0 Å². The zero-order valence-electron chi connectivity index (χ0n) is 18.9. The van der Waals surface area contributed by atoms with Crippen molar-refractivity contribution in [2.24, 2.45) is 0 Å². The normalized spacial score (nSPS) is 15.0. The molecule has 5 heteroatoms. The van der Waals surface area contributed by atoms with Crippen molar-refractivity contribution in [2.45, 2.75) is 52.3 Å². The molecule has 2 aromatic rings. The number of hydrogen-bond donors (Lipinski definition) is 0. The fraction of sp³-hybridized carbons (Fsp3) is 0.480. The lowest BCUT2D eigenvalue weighted by molar-refractivity contribution is 0.0590. The largest absolute Gasteiger partial charge is 0.493 e. The van der Waals surface area contributed by atoms with Gasteiger partial charge in [-0.3, -0.25) is 9.69 Å². The fourth-order valence-corrected chi connectivity index (χ4v) is 3.62. The Labute approximate surface area is 180 Å². The number of likely N-dealkylation sites (tertiary alicyclic amines) is 1. The van der Waals surface area contributed by atoms with Crippen molar-refractivity contribution < 1.29 is 14.3 Å². The van der Waals surface area contributed by atoms with Gasteiger partial charge in [-0.1, -0.05) is 23.8 Å². The summed E-state index contributed by atoms with van der Waals surface area (Å²) in [5.41, 5.74) is 3.12. The lowest BCUT2D eigenvalue weighted by atomic mass is 10.1. The molecule has 5 nitrogen and oxygen atoms in total. The maximum atomic E-state index is 12.7. The van der Waals surface area contributed by atoms with E-state index >= 15 is 0 Å². The van der Waals surface area contributed by atoms with Crippen molar-refractivity contribution in [1.82, 2.24) is 9.80 Å². The van der Waals surface area contributed by atoms with Gasteiger partial charge in [0.15, 0.2) is 11.5 Å². The van der Waals surface area contributed by atoms with E-state index in [1.165, 1.54) is 5.56 Å². The lowest BCUT2D eigenvalue weighted by Gasteiger charge is -2.32. The topological polar surface area (TPSA) is 42.0 Å². The van der Waals surface area contributed by atoms with Crippen LogP contribution in [0.5, 0.6) is 11.5 Å². The highest BCUT2D eigenvalue weighted by Gasteiger charge is 2.25. The summed E-state index contributed by atoms with van der Waals surface area (Å²) < 4.78 is 11.8. The number of aryl methyl sites for hydroxylation is 1. The van der Waals surface area contributed by atoms with Gasteiger partial charge < -0.3 is 14.4 Å². The van der Waals surface area contributed by atoms with Crippen molar-refractivity contribution in [3.63, 3.8) is 0 Å². The molecule has 1 aliphatic rings. The molecule has 0 bridgehead atoms. The molecule has 1 aliphatic heterocycles. The quantitative estimate of drug-likeness (QED) is 0.673. The van der Waals surface area contributed by atoms with Crippen molar-refractivity contribution in [2.75, 3.05) is 27.2 Å².